The van der Waals surface area contributed by atoms with Gasteiger partial charge in [-0.25, -0.2) is 23.7 Å². The zero-order valence-corrected chi connectivity index (χ0v) is 22.6. The van der Waals surface area contributed by atoms with Gasteiger partial charge in [0.2, 0.25) is 11.9 Å². The number of hydrogen-bond donors (Lipinski definition) is 2. The Morgan fingerprint density at radius 3 is 1.95 bits per heavy atom. The van der Waals surface area contributed by atoms with Gasteiger partial charge >= 0.3 is 0 Å². The smallest absolute Gasteiger partial charge is 0.228 e. The first-order valence-electron chi connectivity index (χ1n) is 13.5. The molecule has 2 aromatic carbocycles. The van der Waals surface area contributed by atoms with E-state index in [-0.39, 0.29) is 17.7 Å². The van der Waals surface area contributed by atoms with E-state index in [1.54, 1.807) is 24.3 Å². The summed E-state index contributed by atoms with van der Waals surface area (Å²) in [6.07, 6.45) is 1.70. The fraction of sp³-hybridized carbons (Fsp3) is 0.379. The van der Waals surface area contributed by atoms with Crippen LogP contribution in [0.15, 0.2) is 48.5 Å². The largest absolute Gasteiger partial charge is 0.371 e. The van der Waals surface area contributed by atoms with Gasteiger partial charge in [-0.2, -0.15) is 4.98 Å². The van der Waals surface area contributed by atoms with Crippen molar-refractivity contribution in [2.45, 2.75) is 32.7 Å². The molecule has 0 aliphatic carbocycles. The van der Waals surface area contributed by atoms with Crippen LogP contribution in [0, 0.1) is 11.6 Å². The van der Waals surface area contributed by atoms with Crippen molar-refractivity contribution in [1.29, 1.82) is 0 Å². The Labute approximate surface area is 227 Å². The topological polar surface area (TPSA) is 82.1 Å². The number of fused-ring (bicyclic) bond motifs is 1. The molecule has 1 fully saturated rings. The summed E-state index contributed by atoms with van der Waals surface area (Å²) in [7, 11) is 1.84. The fourth-order valence-corrected chi connectivity index (χ4v) is 5.02. The minimum atomic E-state index is -0.279. The Morgan fingerprint density at radius 1 is 0.795 bits per heavy atom. The molecule has 0 unspecified atom stereocenters. The highest BCUT2D eigenvalue weighted by Crippen LogP contribution is 2.31. The number of nitrogens with one attached hydrogen (secondary N) is 2. The maximum atomic E-state index is 13.7. The second kappa shape index (κ2) is 11.9. The lowest BCUT2D eigenvalue weighted by Gasteiger charge is -2.40. The highest BCUT2D eigenvalue weighted by molar-refractivity contribution is 5.88. The van der Waals surface area contributed by atoms with Crippen LogP contribution in [-0.2, 0) is 6.42 Å². The van der Waals surface area contributed by atoms with E-state index in [0.717, 1.165) is 54.8 Å². The second-order valence-corrected chi connectivity index (χ2v) is 9.62. The van der Waals surface area contributed by atoms with Crippen LogP contribution in [-0.4, -0.2) is 64.6 Å². The molecule has 1 aliphatic rings. The van der Waals surface area contributed by atoms with E-state index in [2.05, 4.69) is 34.3 Å². The lowest BCUT2D eigenvalue weighted by atomic mass is 9.96. The van der Waals surface area contributed by atoms with Gasteiger partial charge in [-0.15, -0.1) is 0 Å². The van der Waals surface area contributed by atoms with Gasteiger partial charge < -0.3 is 15.5 Å². The SMILES string of the molecule is CCCNc1nc(CC)c2nc(N3CCN(C(c4ccc(F)cc4)c4ccc(F)cc4)CC3)nc(NC)c2n1. The van der Waals surface area contributed by atoms with Gasteiger partial charge in [0.1, 0.15) is 22.7 Å². The van der Waals surface area contributed by atoms with E-state index in [4.69, 9.17) is 19.9 Å². The van der Waals surface area contributed by atoms with E-state index >= 15 is 0 Å². The van der Waals surface area contributed by atoms with Gasteiger partial charge in [0, 0.05) is 39.8 Å². The minimum absolute atomic E-state index is 0.118. The predicted octanol–water partition coefficient (Wildman–Crippen LogP) is 5.04. The highest BCUT2D eigenvalue weighted by atomic mass is 19.1. The molecule has 8 nitrogen and oxygen atoms in total. The van der Waals surface area contributed by atoms with Crippen LogP contribution < -0.4 is 15.5 Å². The molecule has 0 saturated carbocycles. The first kappa shape index (κ1) is 26.7. The van der Waals surface area contributed by atoms with Crippen LogP contribution in [0.3, 0.4) is 0 Å². The maximum absolute atomic E-state index is 13.7. The van der Waals surface area contributed by atoms with Gasteiger partial charge in [0.05, 0.1) is 11.7 Å². The number of piperazine rings is 1. The third-order valence-electron chi connectivity index (χ3n) is 7.04. The van der Waals surface area contributed by atoms with Gasteiger partial charge in [0.25, 0.3) is 0 Å². The monoisotopic (exact) mass is 532 g/mol. The molecule has 0 spiro atoms. The average molecular weight is 533 g/mol. The standard InChI is InChI=1S/C29H34F2N8/c1-4-14-33-28-34-23(5-2)24-25(35-28)27(32-3)37-29(36-24)39-17-15-38(16-18-39)26(19-6-10-21(30)11-7-19)20-8-12-22(31)13-9-20/h6-13,26H,4-5,14-18H2,1-3H3,(H,32,36,37)(H,33,34,35). The molecule has 3 heterocycles. The maximum Gasteiger partial charge on any atom is 0.228 e. The predicted molar refractivity (Wildman–Crippen MR) is 151 cm³/mol. The zero-order valence-electron chi connectivity index (χ0n) is 22.6. The Balaban J connectivity index is 1.42. The number of benzene rings is 2. The van der Waals surface area contributed by atoms with E-state index in [0.29, 0.717) is 36.3 Å². The summed E-state index contributed by atoms with van der Waals surface area (Å²) < 4.78 is 27.4. The van der Waals surface area contributed by atoms with E-state index < -0.39 is 0 Å². The van der Waals surface area contributed by atoms with Crippen LogP contribution >= 0.6 is 0 Å². The van der Waals surface area contributed by atoms with Crippen LogP contribution in [0.4, 0.5) is 26.5 Å². The van der Waals surface area contributed by atoms with Crippen molar-refractivity contribution in [3.05, 3.63) is 77.0 Å². The summed E-state index contributed by atoms with van der Waals surface area (Å²) in [6.45, 7) is 7.82. The number of hydrogen-bond acceptors (Lipinski definition) is 8. The Bertz CT molecular complexity index is 1360. The molecule has 5 rings (SSSR count). The number of anilines is 3. The van der Waals surface area contributed by atoms with Gasteiger partial charge in [0.15, 0.2) is 5.82 Å². The molecule has 0 amide bonds. The molecule has 0 atom stereocenters. The van der Waals surface area contributed by atoms with E-state index in [9.17, 15) is 8.78 Å². The van der Waals surface area contributed by atoms with Crippen LogP contribution in [0.1, 0.15) is 43.1 Å². The molecular formula is C29H34F2N8. The fourth-order valence-electron chi connectivity index (χ4n) is 5.02. The van der Waals surface area contributed by atoms with Crippen molar-refractivity contribution in [3.8, 4) is 0 Å². The number of aryl methyl sites for hydroxylation is 1. The first-order chi connectivity index (χ1) is 19.0. The van der Waals surface area contributed by atoms with Crippen molar-refractivity contribution in [2.24, 2.45) is 0 Å². The van der Waals surface area contributed by atoms with Gasteiger partial charge in [-0.1, -0.05) is 38.1 Å². The Hall–Kier alpha value is -3.92. The molecule has 1 aliphatic heterocycles. The number of nitrogens with zero attached hydrogens (tertiary/aromatic N) is 6. The first-order valence-corrected chi connectivity index (χ1v) is 13.5. The molecule has 2 aromatic heterocycles. The summed E-state index contributed by atoms with van der Waals surface area (Å²) in [5.74, 6) is 1.34. The number of aromatic nitrogens is 4. The molecule has 0 radical (unpaired) electrons. The molecule has 10 heteroatoms. The Morgan fingerprint density at radius 2 is 1.41 bits per heavy atom. The third kappa shape index (κ3) is 5.75. The summed E-state index contributed by atoms with van der Waals surface area (Å²) >= 11 is 0. The molecular weight excluding hydrogens is 498 g/mol. The molecule has 2 N–H and O–H groups in total. The summed E-state index contributed by atoms with van der Waals surface area (Å²) in [5, 5.41) is 6.47. The highest BCUT2D eigenvalue weighted by Gasteiger charge is 2.28. The van der Waals surface area contributed by atoms with Gasteiger partial charge in [-0.3, -0.25) is 4.90 Å². The summed E-state index contributed by atoms with van der Waals surface area (Å²) in [6, 6.07) is 13.0. The van der Waals surface area contributed by atoms with Crippen LogP contribution in [0.25, 0.3) is 11.0 Å². The van der Waals surface area contributed by atoms with E-state index in [1.807, 2.05) is 7.05 Å². The molecule has 4 aromatic rings. The second-order valence-electron chi connectivity index (χ2n) is 9.62. The summed E-state index contributed by atoms with van der Waals surface area (Å²) in [4.78, 5) is 23.7. The van der Waals surface area contributed by atoms with Crippen LogP contribution in [0.2, 0.25) is 0 Å². The van der Waals surface area contributed by atoms with Crippen molar-refractivity contribution >= 4 is 28.7 Å². The van der Waals surface area contributed by atoms with E-state index in [1.165, 1.54) is 24.3 Å². The number of rotatable bonds is 9. The van der Waals surface area contributed by atoms with Crippen molar-refractivity contribution in [1.82, 2.24) is 24.8 Å². The third-order valence-corrected chi connectivity index (χ3v) is 7.04. The lowest BCUT2D eigenvalue weighted by molar-refractivity contribution is 0.211. The molecule has 1 saturated heterocycles. The lowest BCUT2D eigenvalue weighted by Crippen LogP contribution is -2.48. The molecule has 0 bridgehead atoms. The van der Waals surface area contributed by atoms with Gasteiger partial charge in [-0.05, 0) is 48.2 Å². The quantitative estimate of drug-likeness (QED) is 0.311. The Kier molecular flexibility index (Phi) is 8.11. The van der Waals surface area contributed by atoms with Crippen molar-refractivity contribution in [3.63, 3.8) is 0 Å². The molecule has 39 heavy (non-hydrogen) atoms. The normalized spacial score (nSPS) is 14.3. The van der Waals surface area contributed by atoms with Crippen molar-refractivity contribution in [2.75, 3.05) is 55.3 Å². The zero-order chi connectivity index (χ0) is 27.4. The number of halogens is 2. The van der Waals surface area contributed by atoms with Crippen molar-refractivity contribution < 1.29 is 8.78 Å². The average Bonchev–Trinajstić information content (AvgIpc) is 2.97. The summed E-state index contributed by atoms with van der Waals surface area (Å²) in [5.41, 5.74) is 4.27. The molecule has 204 valence electrons. The minimum Gasteiger partial charge on any atom is -0.371 e. The van der Waals surface area contributed by atoms with Crippen LogP contribution in [0.5, 0.6) is 0 Å².